The van der Waals surface area contributed by atoms with Crippen LogP contribution in [0.25, 0.3) is 0 Å². The molecule has 4 nitrogen and oxygen atoms in total. The molecule has 1 atom stereocenters. The zero-order valence-electron chi connectivity index (χ0n) is 11.2. The molecule has 0 aromatic rings. The number of hydrogen-bond donors (Lipinski definition) is 1. The largest absolute Gasteiger partial charge is 0.464 e. The summed E-state index contributed by atoms with van der Waals surface area (Å²) in [6, 6.07) is -0.656. The summed E-state index contributed by atoms with van der Waals surface area (Å²) in [5, 5.41) is 2.55. The van der Waals surface area contributed by atoms with Crippen molar-refractivity contribution in [1.29, 1.82) is 0 Å². The van der Waals surface area contributed by atoms with E-state index in [-0.39, 0.29) is 5.91 Å². The zero-order chi connectivity index (χ0) is 13.5. The summed E-state index contributed by atoms with van der Waals surface area (Å²) in [6.45, 7) is 9.78. The Morgan fingerprint density at radius 2 is 1.94 bits per heavy atom. The summed E-state index contributed by atoms with van der Waals surface area (Å²) >= 11 is 0. The van der Waals surface area contributed by atoms with Crippen LogP contribution in [0.5, 0.6) is 0 Å². The quantitative estimate of drug-likeness (QED) is 0.468. The average molecular weight is 255 g/mol. The molecule has 0 aromatic carbocycles. The minimum Gasteiger partial charge on any atom is -0.464 e. The van der Waals surface area contributed by atoms with Gasteiger partial charge in [-0.15, -0.1) is 11.5 Å². The van der Waals surface area contributed by atoms with Crippen LogP contribution >= 0.6 is 0 Å². The summed E-state index contributed by atoms with van der Waals surface area (Å²) in [7, 11) is -1.44. The van der Waals surface area contributed by atoms with Gasteiger partial charge in [-0.05, 0) is 6.92 Å². The van der Waals surface area contributed by atoms with E-state index in [0.29, 0.717) is 13.0 Å². The summed E-state index contributed by atoms with van der Waals surface area (Å²) in [5.41, 5.74) is 3.15. The lowest BCUT2D eigenvalue weighted by Crippen LogP contribution is -2.40. The van der Waals surface area contributed by atoms with Crippen molar-refractivity contribution >= 4 is 20.0 Å². The van der Waals surface area contributed by atoms with Gasteiger partial charge >= 0.3 is 5.97 Å². The van der Waals surface area contributed by atoms with Crippen LogP contribution in [0.2, 0.25) is 19.6 Å². The van der Waals surface area contributed by atoms with E-state index in [1.807, 2.05) is 0 Å². The third kappa shape index (κ3) is 8.52. The lowest BCUT2D eigenvalue weighted by Gasteiger charge is -2.13. The number of carbonyl (C=O) groups excluding carboxylic acids is 2. The lowest BCUT2D eigenvalue weighted by molar-refractivity contribution is -0.147. The third-order valence-corrected chi connectivity index (χ3v) is 2.64. The van der Waals surface area contributed by atoms with Gasteiger partial charge in [-0.2, -0.15) is 0 Å². The van der Waals surface area contributed by atoms with Crippen molar-refractivity contribution in [2.45, 2.75) is 46.0 Å². The van der Waals surface area contributed by atoms with Crippen molar-refractivity contribution in [2.75, 3.05) is 6.61 Å². The minimum atomic E-state index is -1.44. The summed E-state index contributed by atoms with van der Waals surface area (Å²) < 4.78 is 4.88. The molecule has 0 rings (SSSR count). The molecule has 0 saturated carbocycles. The van der Waals surface area contributed by atoms with Gasteiger partial charge < -0.3 is 10.1 Å². The highest BCUT2D eigenvalue weighted by atomic mass is 28.3. The van der Waals surface area contributed by atoms with Gasteiger partial charge in [0.2, 0.25) is 5.91 Å². The Kier molecular flexibility index (Phi) is 6.59. The van der Waals surface area contributed by atoms with E-state index in [9.17, 15) is 9.59 Å². The van der Waals surface area contributed by atoms with Gasteiger partial charge in [0.05, 0.1) is 6.61 Å². The molecule has 0 aliphatic rings. The van der Waals surface area contributed by atoms with E-state index in [4.69, 9.17) is 4.74 Å². The molecule has 1 N–H and O–H groups in total. The Balaban J connectivity index is 4.53. The molecule has 0 spiro atoms. The molecule has 96 valence electrons. The second kappa shape index (κ2) is 7.12. The van der Waals surface area contributed by atoms with Crippen LogP contribution in [0.15, 0.2) is 0 Å². The van der Waals surface area contributed by atoms with Crippen LogP contribution < -0.4 is 5.32 Å². The standard InChI is InChI=1S/C12H21NO3Si/c1-6-16-12(15)11(13-10(2)14)8-7-9-17(3,4)5/h11H,6,8H2,1-5H3,(H,13,14). The highest BCUT2D eigenvalue weighted by Crippen LogP contribution is 1.99. The Morgan fingerprint density at radius 3 is 2.35 bits per heavy atom. The van der Waals surface area contributed by atoms with Gasteiger partial charge in [0.25, 0.3) is 0 Å². The molecule has 0 aliphatic carbocycles. The summed E-state index contributed by atoms with van der Waals surface area (Å²) in [5.74, 6) is 2.29. The van der Waals surface area contributed by atoms with Gasteiger partial charge in [0.1, 0.15) is 14.1 Å². The van der Waals surface area contributed by atoms with Crippen LogP contribution in [0.3, 0.4) is 0 Å². The predicted molar refractivity (Wildman–Crippen MR) is 70.0 cm³/mol. The molecule has 0 radical (unpaired) electrons. The van der Waals surface area contributed by atoms with E-state index >= 15 is 0 Å². The summed E-state index contributed by atoms with van der Waals surface area (Å²) in [6.07, 6.45) is 0.308. The first-order valence-electron chi connectivity index (χ1n) is 5.70. The first-order valence-corrected chi connectivity index (χ1v) is 9.20. The smallest absolute Gasteiger partial charge is 0.329 e. The maximum Gasteiger partial charge on any atom is 0.329 e. The average Bonchev–Trinajstić information content (AvgIpc) is 2.14. The lowest BCUT2D eigenvalue weighted by atomic mass is 10.2. The van der Waals surface area contributed by atoms with Gasteiger partial charge in [0, 0.05) is 13.3 Å². The number of nitrogens with one attached hydrogen (secondary N) is 1. The fraction of sp³-hybridized carbons (Fsp3) is 0.667. The van der Waals surface area contributed by atoms with E-state index in [1.165, 1.54) is 6.92 Å². The molecule has 5 heteroatoms. The number of rotatable bonds is 4. The SMILES string of the molecule is CCOC(=O)C(CC#C[Si](C)(C)C)NC(C)=O. The number of amides is 1. The van der Waals surface area contributed by atoms with Gasteiger partial charge in [-0.3, -0.25) is 4.79 Å². The predicted octanol–water partition coefficient (Wildman–Crippen LogP) is 1.33. The topological polar surface area (TPSA) is 55.4 Å². The number of carbonyl (C=O) groups is 2. The number of ether oxygens (including phenoxy) is 1. The van der Waals surface area contributed by atoms with Crippen molar-refractivity contribution in [1.82, 2.24) is 5.32 Å². The minimum absolute atomic E-state index is 0.252. The van der Waals surface area contributed by atoms with Crippen molar-refractivity contribution in [3.05, 3.63) is 0 Å². The van der Waals surface area contributed by atoms with E-state index in [2.05, 4.69) is 36.4 Å². The molecule has 0 aromatic heterocycles. The number of esters is 1. The molecule has 1 amide bonds. The van der Waals surface area contributed by atoms with Crippen molar-refractivity contribution in [3.8, 4) is 11.5 Å². The Hall–Kier alpha value is -1.28. The first-order chi connectivity index (χ1) is 7.76. The van der Waals surface area contributed by atoms with Gasteiger partial charge in [0.15, 0.2) is 0 Å². The molecule has 17 heavy (non-hydrogen) atoms. The van der Waals surface area contributed by atoms with Crippen LogP contribution in [-0.2, 0) is 14.3 Å². The normalized spacial score (nSPS) is 12.1. The Labute approximate surface area is 104 Å². The van der Waals surface area contributed by atoms with Crippen molar-refractivity contribution in [2.24, 2.45) is 0 Å². The molecule has 0 heterocycles. The monoisotopic (exact) mass is 255 g/mol. The van der Waals surface area contributed by atoms with Crippen molar-refractivity contribution < 1.29 is 14.3 Å². The van der Waals surface area contributed by atoms with Gasteiger partial charge in [-0.25, -0.2) is 4.79 Å². The number of hydrogen-bond acceptors (Lipinski definition) is 3. The highest BCUT2D eigenvalue weighted by Gasteiger charge is 2.19. The van der Waals surface area contributed by atoms with Crippen LogP contribution in [0, 0.1) is 11.5 Å². The molecule has 0 bridgehead atoms. The maximum absolute atomic E-state index is 11.5. The second-order valence-electron chi connectivity index (χ2n) is 4.76. The Bertz CT molecular complexity index is 336. The second-order valence-corrected chi connectivity index (χ2v) is 9.51. The molecule has 0 fully saturated rings. The van der Waals surface area contributed by atoms with E-state index < -0.39 is 20.1 Å². The van der Waals surface area contributed by atoms with Gasteiger partial charge in [-0.1, -0.05) is 19.6 Å². The third-order valence-electron chi connectivity index (χ3n) is 1.72. The molecular formula is C12H21NO3Si. The molecular weight excluding hydrogens is 234 g/mol. The fourth-order valence-corrected chi connectivity index (χ4v) is 1.73. The van der Waals surface area contributed by atoms with Crippen LogP contribution in [-0.4, -0.2) is 32.6 Å². The highest BCUT2D eigenvalue weighted by molar-refractivity contribution is 6.83. The zero-order valence-corrected chi connectivity index (χ0v) is 12.2. The first kappa shape index (κ1) is 15.7. The molecule has 0 aliphatic heterocycles. The van der Waals surface area contributed by atoms with E-state index in [0.717, 1.165) is 0 Å². The van der Waals surface area contributed by atoms with Crippen molar-refractivity contribution in [3.63, 3.8) is 0 Å². The van der Waals surface area contributed by atoms with Crippen LogP contribution in [0.4, 0.5) is 0 Å². The molecule has 0 saturated heterocycles. The maximum atomic E-state index is 11.5. The fourth-order valence-electron chi connectivity index (χ4n) is 1.10. The summed E-state index contributed by atoms with van der Waals surface area (Å²) in [4.78, 5) is 22.5. The van der Waals surface area contributed by atoms with E-state index in [1.54, 1.807) is 6.92 Å². The van der Waals surface area contributed by atoms with Crippen LogP contribution in [0.1, 0.15) is 20.3 Å². The Morgan fingerprint density at radius 1 is 1.35 bits per heavy atom. The molecule has 1 unspecified atom stereocenters.